The van der Waals surface area contributed by atoms with Gasteiger partial charge in [-0.1, -0.05) is 32.1 Å². The highest BCUT2D eigenvalue weighted by molar-refractivity contribution is 7.22. The Morgan fingerprint density at radius 1 is 1.33 bits per heavy atom. The van der Waals surface area contributed by atoms with Crippen molar-refractivity contribution >= 4 is 38.6 Å². The first-order chi connectivity index (χ1) is 9.81. The maximum Gasteiger partial charge on any atom is 0.338 e. The lowest BCUT2D eigenvalue weighted by Crippen LogP contribution is -2.27. The van der Waals surface area contributed by atoms with Crippen LogP contribution in [0, 0.1) is 5.41 Å². The van der Waals surface area contributed by atoms with E-state index < -0.39 is 5.41 Å². The van der Waals surface area contributed by atoms with E-state index in [0.29, 0.717) is 17.3 Å². The molecule has 1 amide bonds. The zero-order chi connectivity index (χ0) is 15.6. The van der Waals surface area contributed by atoms with Crippen molar-refractivity contribution in [1.82, 2.24) is 4.98 Å². The van der Waals surface area contributed by atoms with Gasteiger partial charge in [0.15, 0.2) is 5.13 Å². The number of rotatable bonds is 3. The molecule has 0 atom stereocenters. The number of benzene rings is 1. The minimum absolute atomic E-state index is 0.0906. The molecule has 0 fully saturated rings. The molecule has 5 nitrogen and oxygen atoms in total. The van der Waals surface area contributed by atoms with Gasteiger partial charge in [0, 0.05) is 5.41 Å². The number of nitrogens with zero attached hydrogens (tertiary/aromatic N) is 1. The van der Waals surface area contributed by atoms with Gasteiger partial charge in [0.2, 0.25) is 5.91 Å². The van der Waals surface area contributed by atoms with Crippen LogP contribution in [0.4, 0.5) is 5.13 Å². The predicted octanol–water partition coefficient (Wildman–Crippen LogP) is 3.46. The maximum absolute atomic E-state index is 12.0. The summed E-state index contributed by atoms with van der Waals surface area (Å²) in [7, 11) is 0. The van der Waals surface area contributed by atoms with Gasteiger partial charge in [0.25, 0.3) is 0 Å². The van der Waals surface area contributed by atoms with Crippen LogP contribution in [0.15, 0.2) is 18.2 Å². The fourth-order valence-corrected chi connectivity index (χ4v) is 2.50. The lowest BCUT2D eigenvalue weighted by atomic mass is 9.96. The van der Waals surface area contributed by atoms with Crippen LogP contribution < -0.4 is 5.32 Å². The Bertz CT molecular complexity index is 686. The molecule has 2 rings (SSSR count). The molecule has 0 saturated carbocycles. The summed E-state index contributed by atoms with van der Waals surface area (Å²) < 4.78 is 5.81. The molecule has 0 aliphatic heterocycles. The van der Waals surface area contributed by atoms with Crippen LogP contribution in [0.25, 0.3) is 10.2 Å². The van der Waals surface area contributed by atoms with E-state index in [4.69, 9.17) is 4.74 Å². The summed E-state index contributed by atoms with van der Waals surface area (Å²) in [6.07, 6.45) is 0. The van der Waals surface area contributed by atoms with Gasteiger partial charge in [-0.25, -0.2) is 9.78 Å². The standard InChI is InChI=1S/C15H18N2O3S/c1-5-20-12(18)9-6-7-10-11(8-9)21-14(16-10)17-13(19)15(2,3)4/h6-8H,5H2,1-4H3,(H,16,17,19). The zero-order valence-electron chi connectivity index (χ0n) is 12.5. The number of nitrogens with one attached hydrogen (secondary N) is 1. The molecule has 1 N–H and O–H groups in total. The van der Waals surface area contributed by atoms with E-state index >= 15 is 0 Å². The Hall–Kier alpha value is -1.95. The molecule has 1 aromatic carbocycles. The molecule has 0 spiro atoms. The van der Waals surface area contributed by atoms with Crippen molar-refractivity contribution in [2.45, 2.75) is 27.7 Å². The number of esters is 1. The lowest BCUT2D eigenvalue weighted by Gasteiger charge is -2.15. The highest BCUT2D eigenvalue weighted by Crippen LogP contribution is 2.28. The van der Waals surface area contributed by atoms with E-state index in [0.717, 1.165) is 10.2 Å². The Morgan fingerprint density at radius 2 is 2.05 bits per heavy atom. The second-order valence-corrected chi connectivity index (χ2v) is 6.66. The Kier molecular flexibility index (Phi) is 4.27. The van der Waals surface area contributed by atoms with Crippen molar-refractivity contribution in [3.05, 3.63) is 23.8 Å². The summed E-state index contributed by atoms with van der Waals surface area (Å²) in [5.74, 6) is -0.444. The number of amides is 1. The molecule has 21 heavy (non-hydrogen) atoms. The number of hydrogen-bond donors (Lipinski definition) is 1. The third kappa shape index (κ3) is 3.58. The molecule has 2 aromatic rings. The van der Waals surface area contributed by atoms with Gasteiger partial charge in [-0.2, -0.15) is 0 Å². The first-order valence-corrected chi connectivity index (χ1v) is 7.52. The molecule has 0 unspecified atom stereocenters. The van der Waals surface area contributed by atoms with Crippen LogP contribution in [0.2, 0.25) is 0 Å². The smallest absolute Gasteiger partial charge is 0.338 e. The quantitative estimate of drug-likeness (QED) is 0.882. The van der Waals surface area contributed by atoms with Crippen molar-refractivity contribution in [3.8, 4) is 0 Å². The number of ether oxygens (including phenoxy) is 1. The van der Waals surface area contributed by atoms with Crippen molar-refractivity contribution < 1.29 is 14.3 Å². The third-order valence-electron chi connectivity index (χ3n) is 2.80. The van der Waals surface area contributed by atoms with Gasteiger partial charge in [0.05, 0.1) is 22.4 Å². The third-order valence-corrected chi connectivity index (χ3v) is 3.73. The van der Waals surface area contributed by atoms with E-state index in [2.05, 4.69) is 10.3 Å². The molecule has 1 heterocycles. The summed E-state index contributed by atoms with van der Waals surface area (Å²) in [6, 6.07) is 5.16. The fourth-order valence-electron chi connectivity index (χ4n) is 1.60. The first kappa shape index (κ1) is 15.4. The number of hydrogen-bond acceptors (Lipinski definition) is 5. The Morgan fingerprint density at radius 3 is 2.67 bits per heavy atom. The summed E-state index contributed by atoms with van der Waals surface area (Å²) in [4.78, 5) is 28.0. The van der Waals surface area contributed by atoms with Crippen LogP contribution in [-0.2, 0) is 9.53 Å². The van der Waals surface area contributed by atoms with Gasteiger partial charge >= 0.3 is 5.97 Å². The van der Waals surface area contributed by atoms with Crippen LogP contribution in [-0.4, -0.2) is 23.5 Å². The Balaban J connectivity index is 2.26. The largest absolute Gasteiger partial charge is 0.462 e. The molecule has 0 aliphatic carbocycles. The molecule has 0 saturated heterocycles. The van der Waals surface area contributed by atoms with Crippen molar-refractivity contribution in [2.24, 2.45) is 5.41 Å². The van der Waals surface area contributed by atoms with Gasteiger partial charge in [0.1, 0.15) is 0 Å². The number of anilines is 1. The molecule has 6 heteroatoms. The molecular formula is C15H18N2O3S. The average Bonchev–Trinajstić information content (AvgIpc) is 2.78. The van der Waals surface area contributed by atoms with Gasteiger partial charge < -0.3 is 10.1 Å². The Labute approximate surface area is 127 Å². The highest BCUT2D eigenvalue weighted by atomic mass is 32.1. The lowest BCUT2D eigenvalue weighted by molar-refractivity contribution is -0.123. The van der Waals surface area contributed by atoms with Crippen LogP contribution >= 0.6 is 11.3 Å². The normalized spacial score (nSPS) is 11.4. The van der Waals surface area contributed by atoms with Crippen LogP contribution in [0.5, 0.6) is 0 Å². The number of thiazole rings is 1. The highest BCUT2D eigenvalue weighted by Gasteiger charge is 2.22. The number of fused-ring (bicyclic) bond motifs is 1. The number of carbonyl (C=O) groups is 2. The minimum atomic E-state index is -0.478. The zero-order valence-corrected chi connectivity index (χ0v) is 13.3. The van der Waals surface area contributed by atoms with Gasteiger partial charge in [-0.05, 0) is 25.1 Å². The summed E-state index contributed by atoms with van der Waals surface area (Å²) in [5, 5.41) is 3.33. The van der Waals surface area contributed by atoms with Crippen LogP contribution in [0.3, 0.4) is 0 Å². The van der Waals surface area contributed by atoms with E-state index in [9.17, 15) is 9.59 Å². The minimum Gasteiger partial charge on any atom is -0.462 e. The first-order valence-electron chi connectivity index (χ1n) is 6.70. The molecule has 0 bridgehead atoms. The topological polar surface area (TPSA) is 68.3 Å². The average molecular weight is 306 g/mol. The van der Waals surface area contributed by atoms with Gasteiger partial charge in [-0.3, -0.25) is 4.79 Å². The molecule has 0 radical (unpaired) electrons. The molecule has 0 aliphatic rings. The SMILES string of the molecule is CCOC(=O)c1ccc2nc(NC(=O)C(C)(C)C)sc2c1. The summed E-state index contributed by atoms with van der Waals surface area (Å²) in [6.45, 7) is 7.63. The summed E-state index contributed by atoms with van der Waals surface area (Å²) >= 11 is 1.34. The van der Waals surface area contributed by atoms with Crippen molar-refractivity contribution in [3.63, 3.8) is 0 Å². The van der Waals surface area contributed by atoms with E-state index in [-0.39, 0.29) is 11.9 Å². The maximum atomic E-state index is 12.0. The molecular weight excluding hydrogens is 288 g/mol. The monoisotopic (exact) mass is 306 g/mol. The predicted molar refractivity (Wildman–Crippen MR) is 83.7 cm³/mol. The second kappa shape index (κ2) is 5.81. The van der Waals surface area contributed by atoms with Gasteiger partial charge in [-0.15, -0.1) is 0 Å². The van der Waals surface area contributed by atoms with Crippen molar-refractivity contribution in [1.29, 1.82) is 0 Å². The number of carbonyl (C=O) groups excluding carboxylic acids is 2. The molecule has 112 valence electrons. The van der Waals surface area contributed by atoms with E-state index in [1.165, 1.54) is 11.3 Å². The summed E-state index contributed by atoms with van der Waals surface area (Å²) in [5.41, 5.74) is 0.757. The number of aromatic nitrogens is 1. The van der Waals surface area contributed by atoms with Crippen molar-refractivity contribution in [2.75, 3.05) is 11.9 Å². The second-order valence-electron chi connectivity index (χ2n) is 5.63. The van der Waals surface area contributed by atoms with E-state index in [1.807, 2.05) is 20.8 Å². The van der Waals surface area contributed by atoms with Crippen LogP contribution in [0.1, 0.15) is 38.1 Å². The fraction of sp³-hybridized carbons (Fsp3) is 0.400. The molecule has 1 aromatic heterocycles. The van der Waals surface area contributed by atoms with E-state index in [1.54, 1.807) is 25.1 Å².